The van der Waals surface area contributed by atoms with Crippen molar-refractivity contribution in [1.29, 1.82) is 0 Å². The van der Waals surface area contributed by atoms with Crippen LogP contribution >= 0.6 is 0 Å². The molecule has 5 heteroatoms. The van der Waals surface area contributed by atoms with Gasteiger partial charge in [0.25, 0.3) is 0 Å². The number of aromatic nitrogens is 3. The van der Waals surface area contributed by atoms with Gasteiger partial charge in [0.1, 0.15) is 5.82 Å². The van der Waals surface area contributed by atoms with E-state index in [9.17, 15) is 0 Å². The summed E-state index contributed by atoms with van der Waals surface area (Å²) in [6.45, 7) is 4.53. The summed E-state index contributed by atoms with van der Waals surface area (Å²) in [4.78, 5) is 15.2. The number of nitrogens with one attached hydrogen (secondary N) is 1. The quantitative estimate of drug-likeness (QED) is 0.722. The van der Waals surface area contributed by atoms with Crippen molar-refractivity contribution in [1.82, 2.24) is 15.0 Å². The molecule has 2 heterocycles. The van der Waals surface area contributed by atoms with Crippen LogP contribution in [0.15, 0.2) is 67.1 Å². The van der Waals surface area contributed by atoms with Crippen molar-refractivity contribution >= 4 is 11.8 Å². The number of anilines is 2. The minimum atomic E-state index is 0.635. The van der Waals surface area contributed by atoms with E-state index in [1.54, 1.807) is 18.6 Å². The second-order valence-electron chi connectivity index (χ2n) is 5.45. The highest BCUT2D eigenvalue weighted by Gasteiger charge is 2.08. The molecule has 0 radical (unpaired) electrons. The smallest absolute Gasteiger partial charge is 0.224 e. The molecule has 0 bridgehead atoms. The monoisotopic (exact) mass is 319 g/mol. The molecule has 3 aromatic rings. The molecule has 0 fully saturated rings. The molecular weight excluding hydrogens is 298 g/mol. The summed E-state index contributed by atoms with van der Waals surface area (Å²) >= 11 is 0. The highest BCUT2D eigenvalue weighted by molar-refractivity contribution is 5.43. The van der Waals surface area contributed by atoms with Crippen molar-refractivity contribution < 1.29 is 0 Å². The number of rotatable bonds is 7. The number of pyridine rings is 1. The first-order valence-electron chi connectivity index (χ1n) is 8.10. The number of hydrogen-bond donors (Lipinski definition) is 1. The second-order valence-corrected chi connectivity index (χ2v) is 5.45. The Morgan fingerprint density at radius 3 is 2.46 bits per heavy atom. The third kappa shape index (κ3) is 4.29. The third-order valence-corrected chi connectivity index (χ3v) is 3.76. The highest BCUT2D eigenvalue weighted by atomic mass is 15.2. The summed E-state index contributed by atoms with van der Waals surface area (Å²) in [6.07, 6.45) is 5.37. The van der Waals surface area contributed by atoms with Gasteiger partial charge in [-0.05, 0) is 36.2 Å². The van der Waals surface area contributed by atoms with Crippen LogP contribution in [0.4, 0.5) is 11.8 Å². The molecule has 24 heavy (non-hydrogen) atoms. The van der Waals surface area contributed by atoms with E-state index in [2.05, 4.69) is 56.4 Å². The van der Waals surface area contributed by atoms with E-state index in [-0.39, 0.29) is 0 Å². The lowest BCUT2D eigenvalue weighted by Crippen LogP contribution is -2.23. The summed E-state index contributed by atoms with van der Waals surface area (Å²) < 4.78 is 0. The van der Waals surface area contributed by atoms with E-state index in [4.69, 9.17) is 0 Å². The molecule has 3 rings (SSSR count). The van der Waals surface area contributed by atoms with Gasteiger partial charge in [0.15, 0.2) is 0 Å². The Labute approximate surface area is 142 Å². The Balaban J connectivity index is 1.69. The molecule has 0 aliphatic carbocycles. The van der Waals surface area contributed by atoms with Gasteiger partial charge >= 0.3 is 0 Å². The van der Waals surface area contributed by atoms with Crippen LogP contribution in [-0.2, 0) is 13.1 Å². The molecule has 0 unspecified atom stereocenters. The molecule has 0 spiro atoms. The minimum absolute atomic E-state index is 0.635. The first-order valence-corrected chi connectivity index (χ1v) is 8.10. The molecule has 0 aliphatic rings. The van der Waals surface area contributed by atoms with Crippen molar-refractivity contribution in [2.24, 2.45) is 0 Å². The predicted molar refractivity (Wildman–Crippen MR) is 96.8 cm³/mol. The molecule has 0 amide bonds. The van der Waals surface area contributed by atoms with E-state index in [1.165, 1.54) is 5.56 Å². The Kier molecular flexibility index (Phi) is 5.35. The van der Waals surface area contributed by atoms with E-state index >= 15 is 0 Å². The average Bonchev–Trinajstić information content (AvgIpc) is 2.66. The van der Waals surface area contributed by atoms with Gasteiger partial charge in [0.2, 0.25) is 5.95 Å². The molecule has 0 aliphatic heterocycles. The van der Waals surface area contributed by atoms with Gasteiger partial charge in [-0.3, -0.25) is 4.98 Å². The van der Waals surface area contributed by atoms with Gasteiger partial charge in [0, 0.05) is 38.2 Å². The Morgan fingerprint density at radius 1 is 0.917 bits per heavy atom. The molecule has 0 saturated carbocycles. The Morgan fingerprint density at radius 2 is 1.71 bits per heavy atom. The standard InChI is InChI=1S/C19H21N5/c1-2-24(15-17-6-4-3-5-7-17)18-10-13-21-19(23-18)22-14-16-8-11-20-12-9-16/h3-13H,2,14-15H2,1H3,(H,21,22,23). The second kappa shape index (κ2) is 8.06. The van der Waals surface area contributed by atoms with Crippen LogP contribution in [0.5, 0.6) is 0 Å². The van der Waals surface area contributed by atoms with Gasteiger partial charge in [-0.25, -0.2) is 4.98 Å². The van der Waals surface area contributed by atoms with Crippen LogP contribution in [0, 0.1) is 0 Å². The molecule has 122 valence electrons. The maximum atomic E-state index is 4.64. The average molecular weight is 319 g/mol. The van der Waals surface area contributed by atoms with Gasteiger partial charge in [-0.15, -0.1) is 0 Å². The van der Waals surface area contributed by atoms with Crippen molar-refractivity contribution in [3.8, 4) is 0 Å². The number of hydrogen-bond acceptors (Lipinski definition) is 5. The van der Waals surface area contributed by atoms with Gasteiger partial charge < -0.3 is 10.2 Å². The zero-order chi connectivity index (χ0) is 16.6. The zero-order valence-electron chi connectivity index (χ0n) is 13.8. The van der Waals surface area contributed by atoms with Crippen LogP contribution in [-0.4, -0.2) is 21.5 Å². The summed E-state index contributed by atoms with van der Waals surface area (Å²) in [5.74, 6) is 1.56. The van der Waals surface area contributed by atoms with Crippen molar-refractivity contribution in [2.45, 2.75) is 20.0 Å². The fraction of sp³-hybridized carbons (Fsp3) is 0.211. The van der Waals surface area contributed by atoms with Gasteiger partial charge in [-0.2, -0.15) is 4.98 Å². The topological polar surface area (TPSA) is 53.9 Å². The SMILES string of the molecule is CCN(Cc1ccccc1)c1ccnc(NCc2ccncc2)n1. The van der Waals surface area contributed by atoms with Crippen molar-refractivity contribution in [2.75, 3.05) is 16.8 Å². The largest absolute Gasteiger partial charge is 0.352 e. The predicted octanol–water partition coefficient (Wildman–Crippen LogP) is 3.51. The summed E-state index contributed by atoms with van der Waals surface area (Å²) in [5.41, 5.74) is 2.42. The summed E-state index contributed by atoms with van der Waals surface area (Å²) in [5, 5.41) is 3.27. The highest BCUT2D eigenvalue weighted by Crippen LogP contribution is 2.16. The number of benzene rings is 1. The van der Waals surface area contributed by atoms with Crippen molar-refractivity contribution in [3.05, 3.63) is 78.2 Å². The van der Waals surface area contributed by atoms with Crippen LogP contribution in [0.1, 0.15) is 18.1 Å². The van der Waals surface area contributed by atoms with Gasteiger partial charge in [0.05, 0.1) is 0 Å². The minimum Gasteiger partial charge on any atom is -0.352 e. The molecule has 5 nitrogen and oxygen atoms in total. The summed E-state index contributed by atoms with van der Waals surface area (Å²) in [6, 6.07) is 16.3. The van der Waals surface area contributed by atoms with Crippen LogP contribution in [0.3, 0.4) is 0 Å². The Hall–Kier alpha value is -2.95. The number of nitrogens with zero attached hydrogens (tertiary/aromatic N) is 4. The molecule has 0 saturated heterocycles. The Bertz CT molecular complexity index is 746. The normalized spacial score (nSPS) is 10.4. The molecular formula is C19H21N5. The molecule has 0 atom stereocenters. The summed E-state index contributed by atoms with van der Waals surface area (Å²) in [7, 11) is 0. The zero-order valence-corrected chi connectivity index (χ0v) is 13.8. The maximum Gasteiger partial charge on any atom is 0.224 e. The molecule has 1 aromatic carbocycles. The lowest BCUT2D eigenvalue weighted by atomic mass is 10.2. The maximum absolute atomic E-state index is 4.64. The van der Waals surface area contributed by atoms with Gasteiger partial charge in [-0.1, -0.05) is 30.3 Å². The van der Waals surface area contributed by atoms with Crippen LogP contribution < -0.4 is 10.2 Å². The van der Waals surface area contributed by atoms with Crippen LogP contribution in [0.25, 0.3) is 0 Å². The third-order valence-electron chi connectivity index (χ3n) is 3.76. The van der Waals surface area contributed by atoms with E-state index in [0.717, 1.165) is 24.5 Å². The van der Waals surface area contributed by atoms with E-state index in [0.29, 0.717) is 12.5 Å². The van der Waals surface area contributed by atoms with E-state index in [1.807, 2.05) is 24.3 Å². The van der Waals surface area contributed by atoms with Crippen molar-refractivity contribution in [3.63, 3.8) is 0 Å². The molecule has 1 N–H and O–H groups in total. The van der Waals surface area contributed by atoms with E-state index < -0.39 is 0 Å². The fourth-order valence-electron chi connectivity index (χ4n) is 2.45. The fourth-order valence-corrected chi connectivity index (χ4v) is 2.45. The lowest BCUT2D eigenvalue weighted by molar-refractivity contribution is 0.810. The first-order chi connectivity index (χ1) is 11.8. The lowest BCUT2D eigenvalue weighted by Gasteiger charge is -2.22. The first kappa shape index (κ1) is 15.9. The van der Waals surface area contributed by atoms with Crippen LogP contribution in [0.2, 0.25) is 0 Å². The molecule has 2 aromatic heterocycles.